The van der Waals surface area contributed by atoms with Crippen molar-refractivity contribution in [3.05, 3.63) is 0 Å². The largest absolute Gasteiger partial charge is 0.462 e. The first-order valence-electron chi connectivity index (χ1n) is 27.1. The first kappa shape index (κ1) is 59.4. The smallest absolute Gasteiger partial charge is 0.306 e. The summed E-state index contributed by atoms with van der Waals surface area (Å²) < 4.78 is 16.8. The molecule has 0 spiro atoms. The minimum absolute atomic E-state index is 0.0649. The summed E-state index contributed by atoms with van der Waals surface area (Å²) in [5.41, 5.74) is 0. The Morgan fingerprint density at radius 3 is 0.852 bits per heavy atom. The summed E-state index contributed by atoms with van der Waals surface area (Å²) in [6, 6.07) is 0. The van der Waals surface area contributed by atoms with Crippen LogP contribution in [-0.2, 0) is 28.6 Å². The van der Waals surface area contributed by atoms with E-state index in [-0.39, 0.29) is 31.1 Å². The molecule has 6 heteroatoms. The molecule has 0 aliphatic heterocycles. The summed E-state index contributed by atoms with van der Waals surface area (Å²) in [7, 11) is 0. The van der Waals surface area contributed by atoms with Crippen LogP contribution in [0.2, 0.25) is 0 Å². The molecule has 0 rings (SSSR count). The number of carbonyl (C=O) groups is 3. The maximum Gasteiger partial charge on any atom is 0.306 e. The maximum absolute atomic E-state index is 12.8. The third-order valence-corrected chi connectivity index (χ3v) is 12.8. The summed E-state index contributed by atoms with van der Waals surface area (Å²) in [4.78, 5) is 38.0. The second-order valence-electron chi connectivity index (χ2n) is 20.1. The Hall–Kier alpha value is -1.59. The SMILES string of the molecule is CCC(C)CCCCCCCCCCCCC(=O)OC[C@H](COC(=O)CCCCCCCCCCCCCCCCCCC(C)C)OC(=O)CCCCCCCCCC(C)C. The minimum Gasteiger partial charge on any atom is -0.462 e. The van der Waals surface area contributed by atoms with Gasteiger partial charge in [-0.3, -0.25) is 14.4 Å². The van der Waals surface area contributed by atoms with Crippen LogP contribution < -0.4 is 0 Å². The van der Waals surface area contributed by atoms with Gasteiger partial charge in [-0.25, -0.2) is 0 Å². The molecule has 0 N–H and O–H groups in total. The first-order valence-corrected chi connectivity index (χ1v) is 27.1. The van der Waals surface area contributed by atoms with E-state index in [1.165, 1.54) is 180 Å². The third kappa shape index (κ3) is 47.7. The van der Waals surface area contributed by atoms with Crippen molar-refractivity contribution in [3.8, 4) is 0 Å². The van der Waals surface area contributed by atoms with Crippen molar-refractivity contribution in [2.45, 2.75) is 304 Å². The topological polar surface area (TPSA) is 78.9 Å². The van der Waals surface area contributed by atoms with Gasteiger partial charge in [-0.15, -0.1) is 0 Å². The highest BCUT2D eigenvalue weighted by Crippen LogP contribution is 2.18. The number of esters is 3. The molecule has 0 fully saturated rings. The van der Waals surface area contributed by atoms with E-state index in [9.17, 15) is 14.4 Å². The highest BCUT2D eigenvalue weighted by Gasteiger charge is 2.19. The van der Waals surface area contributed by atoms with Crippen LogP contribution in [-0.4, -0.2) is 37.2 Å². The molecule has 1 unspecified atom stereocenters. The Labute approximate surface area is 380 Å². The average molecular weight is 863 g/mol. The zero-order valence-electron chi connectivity index (χ0n) is 42.0. The lowest BCUT2D eigenvalue weighted by atomic mass is 9.99. The summed E-state index contributed by atoms with van der Waals surface area (Å²) in [6.45, 7) is 13.7. The van der Waals surface area contributed by atoms with Gasteiger partial charge in [0.2, 0.25) is 0 Å². The van der Waals surface area contributed by atoms with Crippen LogP contribution in [0.3, 0.4) is 0 Å². The van der Waals surface area contributed by atoms with E-state index in [4.69, 9.17) is 14.2 Å². The van der Waals surface area contributed by atoms with E-state index in [0.29, 0.717) is 19.3 Å². The lowest BCUT2D eigenvalue weighted by Crippen LogP contribution is -2.30. The Balaban J connectivity index is 4.24. The predicted molar refractivity (Wildman–Crippen MR) is 261 cm³/mol. The van der Waals surface area contributed by atoms with Crippen LogP contribution in [0.15, 0.2) is 0 Å². The van der Waals surface area contributed by atoms with Gasteiger partial charge in [-0.1, -0.05) is 260 Å². The summed E-state index contributed by atoms with van der Waals surface area (Å²) >= 11 is 0. The van der Waals surface area contributed by atoms with Crippen LogP contribution >= 0.6 is 0 Å². The van der Waals surface area contributed by atoms with Gasteiger partial charge in [0, 0.05) is 19.3 Å². The van der Waals surface area contributed by atoms with Crippen molar-refractivity contribution >= 4 is 17.9 Å². The Kier molecular flexibility index (Phi) is 45.2. The van der Waals surface area contributed by atoms with Crippen molar-refractivity contribution in [2.75, 3.05) is 13.2 Å². The van der Waals surface area contributed by atoms with Gasteiger partial charge in [0.05, 0.1) is 0 Å². The zero-order chi connectivity index (χ0) is 44.9. The highest BCUT2D eigenvalue weighted by molar-refractivity contribution is 5.71. The second-order valence-corrected chi connectivity index (χ2v) is 20.1. The Bertz CT molecular complexity index is 947. The number of carbonyl (C=O) groups excluding carboxylic acids is 3. The predicted octanol–water partition coefficient (Wildman–Crippen LogP) is 17.6. The van der Waals surface area contributed by atoms with Gasteiger partial charge in [0.15, 0.2) is 6.10 Å². The molecule has 61 heavy (non-hydrogen) atoms. The maximum atomic E-state index is 12.8. The van der Waals surface area contributed by atoms with Crippen LogP contribution in [0.5, 0.6) is 0 Å². The molecule has 0 aliphatic rings. The molecule has 0 aliphatic carbocycles. The van der Waals surface area contributed by atoms with Gasteiger partial charge < -0.3 is 14.2 Å². The Morgan fingerprint density at radius 2 is 0.574 bits per heavy atom. The standard InChI is InChI=1S/C55H106O6/c1-7-51(6)43-37-31-25-19-16-17-21-27-33-39-45-54(57)60-48-52(61-55(58)46-40-34-28-22-24-30-36-42-50(4)5)47-59-53(56)44-38-32-26-20-15-13-11-9-8-10-12-14-18-23-29-35-41-49(2)3/h49-52H,7-48H2,1-6H3/t51?,52-/m0/s1. The van der Waals surface area contributed by atoms with Gasteiger partial charge in [-0.05, 0) is 37.0 Å². The molecular formula is C55H106O6. The summed E-state index contributed by atoms with van der Waals surface area (Å²) in [6.07, 6.45) is 46.7. The van der Waals surface area contributed by atoms with Crippen LogP contribution in [0.4, 0.5) is 0 Å². The molecule has 362 valence electrons. The lowest BCUT2D eigenvalue weighted by Gasteiger charge is -2.18. The monoisotopic (exact) mass is 863 g/mol. The highest BCUT2D eigenvalue weighted by atomic mass is 16.6. The molecular weight excluding hydrogens is 757 g/mol. The van der Waals surface area contributed by atoms with Crippen molar-refractivity contribution in [1.82, 2.24) is 0 Å². The molecule has 0 aromatic heterocycles. The molecule has 0 aromatic carbocycles. The van der Waals surface area contributed by atoms with E-state index in [1.807, 2.05) is 0 Å². The molecule has 0 saturated heterocycles. The number of rotatable bonds is 48. The fourth-order valence-corrected chi connectivity index (χ4v) is 8.26. The third-order valence-electron chi connectivity index (χ3n) is 12.8. The number of hydrogen-bond donors (Lipinski definition) is 0. The molecule has 6 nitrogen and oxygen atoms in total. The fourth-order valence-electron chi connectivity index (χ4n) is 8.26. The van der Waals surface area contributed by atoms with E-state index in [0.717, 1.165) is 75.5 Å². The molecule has 0 saturated carbocycles. The van der Waals surface area contributed by atoms with Gasteiger partial charge in [0.25, 0.3) is 0 Å². The van der Waals surface area contributed by atoms with Crippen molar-refractivity contribution in [1.29, 1.82) is 0 Å². The molecule has 0 radical (unpaired) electrons. The molecule has 0 bridgehead atoms. The molecule has 0 heterocycles. The molecule has 0 aromatic rings. The normalized spacial score (nSPS) is 12.6. The van der Waals surface area contributed by atoms with E-state index < -0.39 is 6.10 Å². The van der Waals surface area contributed by atoms with Gasteiger partial charge in [-0.2, -0.15) is 0 Å². The second kappa shape index (κ2) is 46.4. The van der Waals surface area contributed by atoms with E-state index in [2.05, 4.69) is 41.5 Å². The number of hydrogen-bond acceptors (Lipinski definition) is 6. The van der Waals surface area contributed by atoms with Crippen LogP contribution in [0.1, 0.15) is 298 Å². The lowest BCUT2D eigenvalue weighted by molar-refractivity contribution is -0.167. The Morgan fingerprint density at radius 1 is 0.328 bits per heavy atom. The summed E-state index contributed by atoms with van der Waals surface area (Å²) in [5.74, 6) is 1.65. The number of unbranched alkanes of at least 4 members (excludes halogenated alkanes) is 30. The summed E-state index contributed by atoms with van der Waals surface area (Å²) in [5, 5.41) is 0. The van der Waals surface area contributed by atoms with Crippen LogP contribution in [0.25, 0.3) is 0 Å². The molecule has 0 amide bonds. The fraction of sp³-hybridized carbons (Fsp3) is 0.945. The zero-order valence-corrected chi connectivity index (χ0v) is 42.0. The average Bonchev–Trinajstić information content (AvgIpc) is 3.23. The van der Waals surface area contributed by atoms with Crippen LogP contribution in [0, 0.1) is 17.8 Å². The quantitative estimate of drug-likeness (QED) is 0.0344. The first-order chi connectivity index (χ1) is 29.6. The van der Waals surface area contributed by atoms with Gasteiger partial charge in [0.1, 0.15) is 13.2 Å². The number of ether oxygens (including phenoxy) is 3. The minimum atomic E-state index is -0.763. The van der Waals surface area contributed by atoms with Crippen molar-refractivity contribution < 1.29 is 28.6 Å². The van der Waals surface area contributed by atoms with E-state index in [1.54, 1.807) is 0 Å². The van der Waals surface area contributed by atoms with Crippen molar-refractivity contribution in [2.24, 2.45) is 17.8 Å². The van der Waals surface area contributed by atoms with Crippen molar-refractivity contribution in [3.63, 3.8) is 0 Å². The molecule has 2 atom stereocenters. The van der Waals surface area contributed by atoms with E-state index >= 15 is 0 Å². The van der Waals surface area contributed by atoms with Gasteiger partial charge >= 0.3 is 17.9 Å².